The van der Waals surface area contributed by atoms with Gasteiger partial charge in [-0.05, 0) is 38.1 Å². The topological polar surface area (TPSA) is 59.3 Å². The Bertz CT molecular complexity index is 1200. The standard InChI is InChI=1S/C21H15Cl4NO3/c1-3-26-10(2)17(13-6-5-12(22)9-15(13)24)20(27)18(21(28)29)19(26)11-4-7-14(23)16(25)8-11/h4-9H,3H2,1-2H3,(H,28,29). The number of halogens is 4. The lowest BCUT2D eigenvalue weighted by atomic mass is 9.96. The lowest BCUT2D eigenvalue weighted by Gasteiger charge is -2.21. The Morgan fingerprint density at radius 3 is 2.24 bits per heavy atom. The number of carboxylic acids is 1. The summed E-state index contributed by atoms with van der Waals surface area (Å²) in [7, 11) is 0. The Morgan fingerprint density at radius 2 is 1.69 bits per heavy atom. The van der Waals surface area contributed by atoms with Crippen LogP contribution in [0.15, 0.2) is 41.2 Å². The van der Waals surface area contributed by atoms with E-state index in [2.05, 4.69) is 0 Å². The van der Waals surface area contributed by atoms with Crippen molar-refractivity contribution in [2.45, 2.75) is 20.4 Å². The highest BCUT2D eigenvalue weighted by Crippen LogP contribution is 2.35. The van der Waals surface area contributed by atoms with E-state index in [0.29, 0.717) is 33.4 Å². The molecule has 0 spiro atoms. The van der Waals surface area contributed by atoms with Crippen LogP contribution in [0.3, 0.4) is 0 Å². The average Bonchev–Trinajstić information content (AvgIpc) is 2.65. The molecular weight excluding hydrogens is 456 g/mol. The van der Waals surface area contributed by atoms with E-state index in [1.54, 1.807) is 41.8 Å². The SMILES string of the molecule is CCn1c(C)c(-c2ccc(Cl)cc2Cl)c(=O)c(C(=O)O)c1-c1ccc(Cl)c(Cl)c1. The zero-order valence-electron chi connectivity index (χ0n) is 15.4. The van der Waals surface area contributed by atoms with Gasteiger partial charge in [0.15, 0.2) is 0 Å². The van der Waals surface area contributed by atoms with Gasteiger partial charge in [0, 0.05) is 28.4 Å². The molecule has 0 radical (unpaired) electrons. The van der Waals surface area contributed by atoms with Gasteiger partial charge in [-0.15, -0.1) is 0 Å². The van der Waals surface area contributed by atoms with Crippen molar-refractivity contribution in [2.75, 3.05) is 0 Å². The number of aromatic nitrogens is 1. The highest BCUT2D eigenvalue weighted by atomic mass is 35.5. The maximum Gasteiger partial charge on any atom is 0.341 e. The summed E-state index contributed by atoms with van der Waals surface area (Å²) >= 11 is 24.4. The first kappa shape index (κ1) is 21.7. The molecule has 0 atom stereocenters. The molecule has 8 heteroatoms. The highest BCUT2D eigenvalue weighted by molar-refractivity contribution is 6.42. The summed E-state index contributed by atoms with van der Waals surface area (Å²) < 4.78 is 1.75. The van der Waals surface area contributed by atoms with Crippen LogP contribution in [0.1, 0.15) is 23.0 Å². The number of hydrogen-bond donors (Lipinski definition) is 1. The normalized spacial score (nSPS) is 11.0. The molecule has 1 aromatic heterocycles. The Balaban J connectivity index is 2.47. The minimum absolute atomic E-state index is 0.217. The summed E-state index contributed by atoms with van der Waals surface area (Å²) in [4.78, 5) is 25.5. The number of pyridine rings is 1. The zero-order valence-corrected chi connectivity index (χ0v) is 18.4. The third-order valence-electron chi connectivity index (χ3n) is 4.65. The van der Waals surface area contributed by atoms with Crippen molar-refractivity contribution in [3.8, 4) is 22.4 Å². The van der Waals surface area contributed by atoms with Crippen LogP contribution in [0.2, 0.25) is 20.1 Å². The maximum atomic E-state index is 13.3. The van der Waals surface area contributed by atoms with Crippen molar-refractivity contribution in [3.63, 3.8) is 0 Å². The van der Waals surface area contributed by atoms with Crippen LogP contribution in [-0.2, 0) is 6.54 Å². The van der Waals surface area contributed by atoms with Gasteiger partial charge < -0.3 is 9.67 Å². The molecule has 0 saturated heterocycles. The van der Waals surface area contributed by atoms with Crippen LogP contribution in [0.4, 0.5) is 0 Å². The summed E-state index contributed by atoms with van der Waals surface area (Å²) in [6.07, 6.45) is 0. The van der Waals surface area contributed by atoms with Crippen LogP contribution in [0.25, 0.3) is 22.4 Å². The van der Waals surface area contributed by atoms with Gasteiger partial charge in [0.2, 0.25) is 5.43 Å². The van der Waals surface area contributed by atoms with Gasteiger partial charge in [-0.25, -0.2) is 4.79 Å². The van der Waals surface area contributed by atoms with E-state index in [-0.39, 0.29) is 26.9 Å². The van der Waals surface area contributed by atoms with Gasteiger partial charge in [0.1, 0.15) is 5.56 Å². The first-order valence-corrected chi connectivity index (χ1v) is 10.1. The molecule has 2 aromatic carbocycles. The van der Waals surface area contributed by atoms with Crippen LogP contribution in [0, 0.1) is 6.92 Å². The maximum absolute atomic E-state index is 13.3. The van der Waals surface area contributed by atoms with E-state index >= 15 is 0 Å². The van der Waals surface area contributed by atoms with Crippen LogP contribution in [-0.4, -0.2) is 15.6 Å². The molecule has 0 aliphatic heterocycles. The molecule has 0 fully saturated rings. The van der Waals surface area contributed by atoms with E-state index in [1.165, 1.54) is 6.07 Å². The zero-order chi connectivity index (χ0) is 21.5. The summed E-state index contributed by atoms with van der Waals surface area (Å²) in [6.45, 7) is 4.02. The third kappa shape index (κ3) is 3.90. The van der Waals surface area contributed by atoms with Crippen molar-refractivity contribution in [3.05, 3.63) is 78.0 Å². The smallest absolute Gasteiger partial charge is 0.341 e. The summed E-state index contributed by atoms with van der Waals surface area (Å²) in [5.41, 5.74) is 0.954. The van der Waals surface area contributed by atoms with Crippen molar-refractivity contribution in [1.82, 2.24) is 4.57 Å². The minimum Gasteiger partial charge on any atom is -0.477 e. The molecule has 0 unspecified atom stereocenters. The molecule has 29 heavy (non-hydrogen) atoms. The lowest BCUT2D eigenvalue weighted by molar-refractivity contribution is 0.0695. The molecule has 0 aliphatic carbocycles. The fraction of sp³-hybridized carbons (Fsp3) is 0.143. The monoisotopic (exact) mass is 469 g/mol. The number of rotatable bonds is 4. The van der Waals surface area contributed by atoms with Gasteiger partial charge in [0.05, 0.1) is 26.3 Å². The lowest BCUT2D eigenvalue weighted by Crippen LogP contribution is -2.25. The third-order valence-corrected chi connectivity index (χ3v) is 5.94. The van der Waals surface area contributed by atoms with Crippen molar-refractivity contribution in [2.24, 2.45) is 0 Å². The van der Waals surface area contributed by atoms with Crippen molar-refractivity contribution in [1.29, 1.82) is 0 Å². The second kappa shape index (κ2) is 8.41. The molecule has 150 valence electrons. The Morgan fingerprint density at radius 1 is 1.00 bits per heavy atom. The number of aromatic carboxylic acids is 1. The minimum atomic E-state index is -1.34. The second-order valence-corrected chi connectivity index (χ2v) is 7.97. The van der Waals surface area contributed by atoms with Crippen molar-refractivity contribution < 1.29 is 9.90 Å². The number of hydrogen-bond acceptors (Lipinski definition) is 2. The predicted octanol–water partition coefficient (Wildman–Crippen LogP) is 6.82. The fourth-order valence-corrected chi connectivity index (χ4v) is 4.18. The first-order chi connectivity index (χ1) is 13.7. The molecule has 1 N–H and O–H groups in total. The number of carboxylic acid groups (broad SMARTS) is 1. The van der Waals surface area contributed by atoms with Crippen LogP contribution in [0.5, 0.6) is 0 Å². The summed E-state index contributed by atoms with van der Waals surface area (Å²) in [6, 6.07) is 9.47. The van der Waals surface area contributed by atoms with E-state index < -0.39 is 11.4 Å². The van der Waals surface area contributed by atoms with E-state index in [0.717, 1.165) is 0 Å². The average molecular weight is 471 g/mol. The molecule has 0 amide bonds. The van der Waals surface area contributed by atoms with Gasteiger partial charge in [-0.2, -0.15) is 0 Å². The van der Waals surface area contributed by atoms with E-state index in [9.17, 15) is 14.7 Å². The highest BCUT2D eigenvalue weighted by Gasteiger charge is 2.26. The quantitative estimate of drug-likeness (QED) is 0.454. The van der Waals surface area contributed by atoms with Gasteiger partial charge in [-0.1, -0.05) is 58.5 Å². The van der Waals surface area contributed by atoms with Gasteiger partial charge >= 0.3 is 5.97 Å². The number of nitrogens with zero attached hydrogens (tertiary/aromatic N) is 1. The molecule has 3 aromatic rings. The van der Waals surface area contributed by atoms with Crippen LogP contribution >= 0.6 is 46.4 Å². The van der Waals surface area contributed by atoms with Crippen LogP contribution < -0.4 is 5.43 Å². The first-order valence-electron chi connectivity index (χ1n) is 8.58. The fourth-order valence-electron chi connectivity index (χ4n) is 3.38. The molecule has 0 aliphatic rings. The molecule has 1 heterocycles. The Hall–Kier alpha value is -1.98. The Kier molecular flexibility index (Phi) is 6.30. The second-order valence-electron chi connectivity index (χ2n) is 6.32. The number of carbonyl (C=O) groups is 1. The van der Waals surface area contributed by atoms with Crippen molar-refractivity contribution >= 4 is 52.4 Å². The molecule has 3 rings (SSSR count). The van der Waals surface area contributed by atoms with Gasteiger partial charge in [-0.3, -0.25) is 4.79 Å². The van der Waals surface area contributed by atoms with E-state index in [1.807, 2.05) is 6.92 Å². The molecular formula is C21H15Cl4NO3. The molecule has 4 nitrogen and oxygen atoms in total. The summed E-state index contributed by atoms with van der Waals surface area (Å²) in [5, 5.41) is 11.2. The van der Waals surface area contributed by atoms with E-state index in [4.69, 9.17) is 46.4 Å². The molecule has 0 bridgehead atoms. The Labute approximate surface area is 187 Å². The summed E-state index contributed by atoms with van der Waals surface area (Å²) in [5.74, 6) is -1.34. The number of benzene rings is 2. The predicted molar refractivity (Wildman–Crippen MR) is 119 cm³/mol. The largest absolute Gasteiger partial charge is 0.477 e. The van der Waals surface area contributed by atoms with Gasteiger partial charge in [0.25, 0.3) is 0 Å². The molecule has 0 saturated carbocycles.